The number of carbonyl (C=O) groups excluding carboxylic acids is 1. The molecule has 0 aliphatic carbocycles. The number of hydrogen-bond acceptors (Lipinski definition) is 4. The lowest BCUT2D eigenvalue weighted by Crippen LogP contribution is -2.21. The molecule has 0 aliphatic heterocycles. The Bertz CT molecular complexity index is 545. The van der Waals surface area contributed by atoms with Crippen LogP contribution in [0.4, 0.5) is 0 Å². The maximum atomic E-state index is 11.7. The quantitative estimate of drug-likeness (QED) is 0.648. The maximum absolute atomic E-state index is 11.7. The van der Waals surface area contributed by atoms with E-state index in [0.717, 1.165) is 5.56 Å². The first kappa shape index (κ1) is 13.4. The second-order valence-corrected chi connectivity index (χ2v) is 5.32. The first-order chi connectivity index (χ1) is 7.83. The number of Topliss-reactive ketones (excluding diaryl/α,β-unsaturated/α-hetero) is 1. The molecule has 1 aromatic carbocycles. The molecule has 1 N–H and O–H groups in total. The van der Waals surface area contributed by atoms with Crippen molar-refractivity contribution in [1.29, 1.82) is 0 Å². The van der Waals surface area contributed by atoms with E-state index in [4.69, 9.17) is 0 Å². The van der Waals surface area contributed by atoms with E-state index in [1.54, 1.807) is 12.1 Å². The van der Waals surface area contributed by atoms with E-state index in [-0.39, 0.29) is 16.4 Å². The Hall–Kier alpha value is -1.69. The third kappa shape index (κ3) is 3.67. The van der Waals surface area contributed by atoms with Crippen molar-refractivity contribution in [3.8, 4) is 0 Å². The van der Waals surface area contributed by atoms with Gasteiger partial charge in [0.2, 0.25) is 0 Å². The van der Waals surface area contributed by atoms with Crippen molar-refractivity contribution in [3.63, 3.8) is 0 Å². The normalized spacial score (nSPS) is 12.3. The van der Waals surface area contributed by atoms with E-state index in [1.807, 2.05) is 11.8 Å². The highest BCUT2D eigenvalue weighted by molar-refractivity contribution is 7.89. The van der Waals surface area contributed by atoms with Crippen molar-refractivity contribution in [2.24, 2.45) is 5.10 Å². The minimum Gasteiger partial charge on any atom is -0.293 e. The minimum atomic E-state index is -3.70. The van der Waals surface area contributed by atoms with Crippen molar-refractivity contribution < 1.29 is 13.2 Å². The Morgan fingerprint density at radius 2 is 1.71 bits per heavy atom. The Balaban J connectivity index is 2.94. The molecular weight excluding hydrogens is 240 g/mol. The standard InChI is InChI=1S/C11H14N2O3S/c1-8-4-6-11(7-5-8)17(15,16)13-12-9(2)10(3)14/h4-7,13H,1-3H3. The predicted molar refractivity (Wildman–Crippen MR) is 65.3 cm³/mol. The molecule has 0 spiro atoms. The summed E-state index contributed by atoms with van der Waals surface area (Å²) in [5.74, 6) is -0.281. The summed E-state index contributed by atoms with van der Waals surface area (Å²) < 4.78 is 23.5. The average molecular weight is 254 g/mol. The van der Waals surface area contributed by atoms with Crippen LogP contribution < -0.4 is 4.83 Å². The number of ketones is 1. The second kappa shape index (κ2) is 5.09. The average Bonchev–Trinajstić information content (AvgIpc) is 2.26. The van der Waals surface area contributed by atoms with E-state index < -0.39 is 10.0 Å². The summed E-state index contributed by atoms with van der Waals surface area (Å²) in [6.45, 7) is 4.63. The van der Waals surface area contributed by atoms with Gasteiger partial charge in [0.25, 0.3) is 10.0 Å². The zero-order chi connectivity index (χ0) is 13.1. The number of hydrogen-bond donors (Lipinski definition) is 1. The van der Waals surface area contributed by atoms with Gasteiger partial charge in [0.15, 0.2) is 5.78 Å². The van der Waals surface area contributed by atoms with Gasteiger partial charge in [-0.1, -0.05) is 17.7 Å². The number of hydrazone groups is 1. The Kier molecular flexibility index (Phi) is 4.01. The number of nitrogens with one attached hydrogen (secondary N) is 1. The largest absolute Gasteiger partial charge is 0.293 e. The molecule has 1 rings (SSSR count). The fourth-order valence-corrected chi connectivity index (χ4v) is 1.83. The van der Waals surface area contributed by atoms with Crippen LogP contribution in [-0.2, 0) is 14.8 Å². The molecule has 0 saturated carbocycles. The van der Waals surface area contributed by atoms with E-state index in [0.29, 0.717) is 0 Å². The van der Waals surface area contributed by atoms with Crippen LogP contribution in [0.15, 0.2) is 34.3 Å². The van der Waals surface area contributed by atoms with Crippen LogP contribution in [0.1, 0.15) is 19.4 Å². The van der Waals surface area contributed by atoms with Crippen LogP contribution in [0.3, 0.4) is 0 Å². The first-order valence-electron chi connectivity index (χ1n) is 4.96. The van der Waals surface area contributed by atoms with E-state index in [2.05, 4.69) is 5.10 Å². The van der Waals surface area contributed by atoms with Crippen molar-refractivity contribution in [2.75, 3.05) is 0 Å². The van der Waals surface area contributed by atoms with Crippen LogP contribution in [0.5, 0.6) is 0 Å². The molecular formula is C11H14N2O3S. The van der Waals surface area contributed by atoms with Gasteiger partial charge in [0.1, 0.15) is 5.71 Å². The van der Waals surface area contributed by atoms with Gasteiger partial charge in [-0.05, 0) is 26.0 Å². The SMILES string of the molecule is CC(=O)C(C)=NNS(=O)(=O)c1ccc(C)cc1. The molecule has 0 heterocycles. The fraction of sp³-hybridized carbons (Fsp3) is 0.273. The lowest BCUT2D eigenvalue weighted by atomic mass is 10.2. The molecule has 0 saturated heterocycles. The number of rotatable bonds is 4. The maximum Gasteiger partial charge on any atom is 0.276 e. The summed E-state index contributed by atoms with van der Waals surface area (Å²) >= 11 is 0. The molecule has 6 heteroatoms. The summed E-state index contributed by atoms with van der Waals surface area (Å²) in [5, 5.41) is 3.52. The van der Waals surface area contributed by atoms with Gasteiger partial charge < -0.3 is 0 Å². The van der Waals surface area contributed by atoms with Crippen molar-refractivity contribution in [3.05, 3.63) is 29.8 Å². The van der Waals surface area contributed by atoms with Gasteiger partial charge in [-0.2, -0.15) is 18.4 Å². The van der Waals surface area contributed by atoms with Gasteiger partial charge >= 0.3 is 0 Å². The van der Waals surface area contributed by atoms with Gasteiger partial charge in [0.05, 0.1) is 4.90 Å². The van der Waals surface area contributed by atoms with Crippen molar-refractivity contribution in [1.82, 2.24) is 4.83 Å². The molecule has 0 amide bonds. The summed E-state index contributed by atoms with van der Waals surface area (Å²) in [7, 11) is -3.70. The third-order valence-corrected chi connectivity index (χ3v) is 3.40. The second-order valence-electron chi connectivity index (χ2n) is 3.66. The topological polar surface area (TPSA) is 75.6 Å². The zero-order valence-electron chi connectivity index (χ0n) is 9.89. The van der Waals surface area contributed by atoms with Gasteiger partial charge in [-0.3, -0.25) is 4.79 Å². The van der Waals surface area contributed by atoms with E-state index in [9.17, 15) is 13.2 Å². The Labute approximate surface area is 101 Å². The number of sulfonamides is 1. The highest BCUT2D eigenvalue weighted by Gasteiger charge is 2.12. The van der Waals surface area contributed by atoms with Crippen LogP contribution in [0.25, 0.3) is 0 Å². The molecule has 0 fully saturated rings. The van der Waals surface area contributed by atoms with Crippen molar-refractivity contribution in [2.45, 2.75) is 25.7 Å². The molecule has 0 bridgehead atoms. The number of aryl methyl sites for hydroxylation is 1. The highest BCUT2D eigenvalue weighted by Crippen LogP contribution is 2.09. The van der Waals surface area contributed by atoms with Crippen LogP contribution in [-0.4, -0.2) is 19.9 Å². The summed E-state index contributed by atoms with van der Waals surface area (Å²) in [5.41, 5.74) is 1.08. The van der Waals surface area contributed by atoms with Gasteiger partial charge in [-0.25, -0.2) is 0 Å². The van der Waals surface area contributed by atoms with E-state index >= 15 is 0 Å². The van der Waals surface area contributed by atoms with Crippen LogP contribution in [0, 0.1) is 6.92 Å². The Morgan fingerprint density at radius 1 is 1.18 bits per heavy atom. The monoisotopic (exact) mass is 254 g/mol. The lowest BCUT2D eigenvalue weighted by Gasteiger charge is -2.04. The zero-order valence-corrected chi connectivity index (χ0v) is 10.7. The fourth-order valence-electron chi connectivity index (χ4n) is 0.977. The summed E-state index contributed by atoms with van der Waals surface area (Å²) in [6.07, 6.45) is 0. The molecule has 0 unspecified atom stereocenters. The highest BCUT2D eigenvalue weighted by atomic mass is 32.2. The van der Waals surface area contributed by atoms with E-state index in [1.165, 1.54) is 26.0 Å². The number of benzene rings is 1. The molecule has 0 aliphatic rings. The smallest absolute Gasteiger partial charge is 0.276 e. The molecule has 5 nitrogen and oxygen atoms in total. The third-order valence-electron chi connectivity index (χ3n) is 2.17. The molecule has 92 valence electrons. The first-order valence-corrected chi connectivity index (χ1v) is 6.45. The molecule has 17 heavy (non-hydrogen) atoms. The lowest BCUT2D eigenvalue weighted by molar-refractivity contribution is -0.111. The van der Waals surface area contributed by atoms with Gasteiger partial charge in [0, 0.05) is 6.92 Å². The van der Waals surface area contributed by atoms with Crippen molar-refractivity contribution >= 4 is 21.5 Å². The molecule has 1 aromatic rings. The van der Waals surface area contributed by atoms with Gasteiger partial charge in [-0.15, -0.1) is 0 Å². The molecule has 0 radical (unpaired) electrons. The molecule has 0 atom stereocenters. The Morgan fingerprint density at radius 3 is 2.18 bits per heavy atom. The number of carbonyl (C=O) groups is 1. The summed E-state index contributed by atoms with van der Waals surface area (Å²) in [6, 6.07) is 6.35. The van der Waals surface area contributed by atoms with Crippen LogP contribution in [0.2, 0.25) is 0 Å². The van der Waals surface area contributed by atoms with Crippen LogP contribution >= 0.6 is 0 Å². The number of nitrogens with zero attached hydrogens (tertiary/aromatic N) is 1. The summed E-state index contributed by atoms with van der Waals surface area (Å²) in [4.78, 5) is 13.0. The minimum absolute atomic E-state index is 0.112. The molecule has 0 aromatic heterocycles. The predicted octanol–water partition coefficient (Wildman–Crippen LogP) is 1.24.